The molecule has 1 aliphatic heterocycles. The first-order chi connectivity index (χ1) is 12.2. The number of hydrogen-bond donors (Lipinski definition) is 0. The first kappa shape index (κ1) is 15.7. The molecule has 0 spiro atoms. The monoisotopic (exact) mass is 338 g/mol. The Morgan fingerprint density at radius 1 is 1.12 bits per heavy atom. The average Bonchev–Trinajstić information content (AvgIpc) is 3.13. The second-order valence-corrected chi connectivity index (χ2v) is 6.39. The van der Waals surface area contributed by atoms with E-state index in [2.05, 4.69) is 20.0 Å². The highest BCUT2D eigenvalue weighted by molar-refractivity contribution is 5.53. The van der Waals surface area contributed by atoms with Crippen molar-refractivity contribution in [3.63, 3.8) is 0 Å². The molecular formula is C19H19FN4O. The van der Waals surface area contributed by atoms with Crippen molar-refractivity contribution >= 4 is 5.82 Å². The van der Waals surface area contributed by atoms with Gasteiger partial charge in [0.2, 0.25) is 11.7 Å². The Balaban J connectivity index is 1.53. The van der Waals surface area contributed by atoms with Gasteiger partial charge in [-0.05, 0) is 56.2 Å². The van der Waals surface area contributed by atoms with Crippen LogP contribution in [0, 0.1) is 12.7 Å². The number of halogens is 1. The molecule has 2 aromatic heterocycles. The van der Waals surface area contributed by atoms with Crippen molar-refractivity contribution in [2.45, 2.75) is 25.7 Å². The van der Waals surface area contributed by atoms with E-state index >= 15 is 0 Å². The van der Waals surface area contributed by atoms with Gasteiger partial charge < -0.3 is 9.42 Å². The standard InChI is InChI=1S/C19H19FN4O/c1-13-4-2-6-17(21-13)24-11-3-5-15(12-24)19-22-18(23-25-19)14-7-9-16(20)10-8-14/h2,4,6-10,15H,3,5,11-12H2,1H3. The van der Waals surface area contributed by atoms with Gasteiger partial charge in [0.05, 0.1) is 5.92 Å². The van der Waals surface area contributed by atoms with Gasteiger partial charge in [0.15, 0.2) is 0 Å². The van der Waals surface area contributed by atoms with Crippen LogP contribution in [0.25, 0.3) is 11.4 Å². The number of benzene rings is 1. The Hall–Kier alpha value is -2.76. The Kier molecular flexibility index (Phi) is 4.17. The van der Waals surface area contributed by atoms with Crippen LogP contribution in [0.15, 0.2) is 47.0 Å². The van der Waals surface area contributed by atoms with Crippen molar-refractivity contribution < 1.29 is 8.91 Å². The lowest BCUT2D eigenvalue weighted by Crippen LogP contribution is -2.35. The lowest BCUT2D eigenvalue weighted by molar-refractivity contribution is 0.333. The van der Waals surface area contributed by atoms with E-state index in [1.54, 1.807) is 12.1 Å². The van der Waals surface area contributed by atoms with Gasteiger partial charge in [-0.2, -0.15) is 4.98 Å². The van der Waals surface area contributed by atoms with Crippen LogP contribution in [0.5, 0.6) is 0 Å². The van der Waals surface area contributed by atoms with Gasteiger partial charge in [0.25, 0.3) is 0 Å². The van der Waals surface area contributed by atoms with Gasteiger partial charge in [0, 0.05) is 24.3 Å². The van der Waals surface area contributed by atoms with Crippen molar-refractivity contribution in [3.05, 3.63) is 59.9 Å². The fraction of sp³-hybridized carbons (Fsp3) is 0.316. The molecule has 1 aliphatic rings. The van der Waals surface area contributed by atoms with E-state index in [0.29, 0.717) is 11.7 Å². The molecule has 5 nitrogen and oxygen atoms in total. The maximum absolute atomic E-state index is 13.1. The van der Waals surface area contributed by atoms with Crippen molar-refractivity contribution in [3.8, 4) is 11.4 Å². The van der Waals surface area contributed by atoms with E-state index in [9.17, 15) is 4.39 Å². The minimum absolute atomic E-state index is 0.178. The highest BCUT2D eigenvalue weighted by atomic mass is 19.1. The topological polar surface area (TPSA) is 55.1 Å². The van der Waals surface area contributed by atoms with Gasteiger partial charge in [-0.25, -0.2) is 9.37 Å². The molecule has 0 aliphatic carbocycles. The first-order valence-corrected chi connectivity index (χ1v) is 8.47. The van der Waals surface area contributed by atoms with Crippen LogP contribution < -0.4 is 4.90 Å². The molecule has 0 saturated carbocycles. The lowest BCUT2D eigenvalue weighted by atomic mass is 9.98. The molecule has 0 N–H and O–H groups in total. The summed E-state index contributed by atoms with van der Waals surface area (Å²) in [6, 6.07) is 12.2. The molecule has 3 aromatic rings. The van der Waals surface area contributed by atoms with E-state index in [1.807, 2.05) is 25.1 Å². The molecule has 128 valence electrons. The Morgan fingerprint density at radius 2 is 1.96 bits per heavy atom. The highest BCUT2D eigenvalue weighted by Gasteiger charge is 2.27. The summed E-state index contributed by atoms with van der Waals surface area (Å²) in [4.78, 5) is 11.4. The van der Waals surface area contributed by atoms with Crippen LogP contribution in [0.2, 0.25) is 0 Å². The summed E-state index contributed by atoms with van der Waals surface area (Å²) < 4.78 is 18.6. The van der Waals surface area contributed by atoms with Crippen LogP contribution in [-0.2, 0) is 0 Å². The smallest absolute Gasteiger partial charge is 0.231 e. The second-order valence-electron chi connectivity index (χ2n) is 6.39. The van der Waals surface area contributed by atoms with Gasteiger partial charge >= 0.3 is 0 Å². The number of pyridine rings is 1. The quantitative estimate of drug-likeness (QED) is 0.723. The molecule has 1 saturated heterocycles. The van der Waals surface area contributed by atoms with Crippen molar-refractivity contribution in [2.24, 2.45) is 0 Å². The largest absolute Gasteiger partial charge is 0.356 e. The molecule has 6 heteroatoms. The zero-order valence-electron chi connectivity index (χ0n) is 14.0. The van der Waals surface area contributed by atoms with E-state index in [4.69, 9.17) is 4.52 Å². The molecule has 1 atom stereocenters. The fourth-order valence-corrected chi connectivity index (χ4v) is 3.21. The molecule has 1 aromatic carbocycles. The molecular weight excluding hydrogens is 319 g/mol. The summed E-state index contributed by atoms with van der Waals surface area (Å²) >= 11 is 0. The third-order valence-electron chi connectivity index (χ3n) is 4.51. The van der Waals surface area contributed by atoms with Gasteiger partial charge in [-0.15, -0.1) is 0 Å². The summed E-state index contributed by atoms with van der Waals surface area (Å²) in [6.07, 6.45) is 2.06. The summed E-state index contributed by atoms with van der Waals surface area (Å²) in [7, 11) is 0. The zero-order valence-corrected chi connectivity index (χ0v) is 14.0. The average molecular weight is 338 g/mol. The highest BCUT2D eigenvalue weighted by Crippen LogP contribution is 2.29. The van der Waals surface area contributed by atoms with Gasteiger partial charge in [-0.1, -0.05) is 11.2 Å². The third-order valence-corrected chi connectivity index (χ3v) is 4.51. The SMILES string of the molecule is Cc1cccc(N2CCCC(c3nc(-c4ccc(F)cc4)no3)C2)n1. The number of aryl methyl sites for hydroxylation is 1. The maximum Gasteiger partial charge on any atom is 0.231 e. The van der Waals surface area contributed by atoms with Gasteiger partial charge in [0.1, 0.15) is 11.6 Å². The molecule has 0 bridgehead atoms. The first-order valence-electron chi connectivity index (χ1n) is 8.47. The Labute approximate surface area is 145 Å². The minimum Gasteiger partial charge on any atom is -0.356 e. The summed E-state index contributed by atoms with van der Waals surface area (Å²) in [5.41, 5.74) is 1.76. The molecule has 1 fully saturated rings. The summed E-state index contributed by atoms with van der Waals surface area (Å²) in [6.45, 7) is 3.78. The minimum atomic E-state index is -0.277. The normalized spacial score (nSPS) is 17.7. The molecule has 0 amide bonds. The van der Waals surface area contributed by atoms with Gasteiger partial charge in [-0.3, -0.25) is 0 Å². The number of hydrogen-bond acceptors (Lipinski definition) is 5. The van der Waals surface area contributed by atoms with E-state index < -0.39 is 0 Å². The predicted octanol–water partition coefficient (Wildman–Crippen LogP) is 3.96. The molecule has 25 heavy (non-hydrogen) atoms. The van der Waals surface area contributed by atoms with Crippen LogP contribution in [0.4, 0.5) is 10.2 Å². The van der Waals surface area contributed by atoms with Crippen molar-refractivity contribution in [1.82, 2.24) is 15.1 Å². The zero-order chi connectivity index (χ0) is 17.2. The van der Waals surface area contributed by atoms with Crippen molar-refractivity contribution in [1.29, 1.82) is 0 Å². The summed E-state index contributed by atoms with van der Waals surface area (Å²) in [5, 5.41) is 4.06. The Morgan fingerprint density at radius 3 is 2.76 bits per heavy atom. The van der Waals surface area contributed by atoms with E-state index in [1.165, 1.54) is 12.1 Å². The lowest BCUT2D eigenvalue weighted by Gasteiger charge is -2.32. The number of anilines is 1. The number of piperidine rings is 1. The van der Waals surface area contributed by atoms with E-state index in [0.717, 1.165) is 43.0 Å². The second kappa shape index (κ2) is 6.63. The van der Waals surface area contributed by atoms with Crippen molar-refractivity contribution in [2.75, 3.05) is 18.0 Å². The maximum atomic E-state index is 13.1. The Bertz CT molecular complexity index is 862. The molecule has 1 unspecified atom stereocenters. The van der Waals surface area contributed by atoms with Crippen LogP contribution in [-0.4, -0.2) is 28.2 Å². The molecule has 3 heterocycles. The number of nitrogens with zero attached hydrogens (tertiary/aromatic N) is 4. The van der Waals surface area contributed by atoms with Crippen LogP contribution in [0.3, 0.4) is 0 Å². The predicted molar refractivity (Wildman–Crippen MR) is 92.9 cm³/mol. The van der Waals surface area contributed by atoms with E-state index in [-0.39, 0.29) is 11.7 Å². The summed E-state index contributed by atoms with van der Waals surface area (Å²) in [5.74, 6) is 2.03. The van der Waals surface area contributed by atoms with Crippen LogP contribution in [0.1, 0.15) is 30.3 Å². The molecule has 4 rings (SSSR count). The molecule has 0 radical (unpaired) electrons. The fourth-order valence-electron chi connectivity index (χ4n) is 3.21. The number of aromatic nitrogens is 3. The third kappa shape index (κ3) is 3.38. The van der Waals surface area contributed by atoms with Crippen LogP contribution >= 0.6 is 0 Å². The number of rotatable bonds is 3.